The van der Waals surface area contributed by atoms with Gasteiger partial charge in [0, 0.05) is 0 Å². The van der Waals surface area contributed by atoms with E-state index in [9.17, 15) is 4.79 Å². The number of aliphatic hydroxyl groups excluding tert-OH is 3. The maximum atomic E-state index is 10.6. The summed E-state index contributed by atoms with van der Waals surface area (Å²) in [7, 11) is 0. The van der Waals surface area contributed by atoms with Crippen LogP contribution in [0.2, 0.25) is 0 Å². The first-order valence-electron chi connectivity index (χ1n) is 5.69. The van der Waals surface area contributed by atoms with E-state index in [0.717, 1.165) is 0 Å². The number of amides is 2. The number of aromatic nitrogens is 2. The average molecular weight is 283 g/mol. The van der Waals surface area contributed by atoms with Crippen LogP contribution < -0.4 is 16.6 Å². The monoisotopic (exact) mass is 283 g/mol. The van der Waals surface area contributed by atoms with Crippen LogP contribution in [-0.2, 0) is 4.74 Å². The Morgan fingerprint density at radius 1 is 1.35 bits per heavy atom. The molecule has 1 fully saturated rings. The first kappa shape index (κ1) is 14.4. The Morgan fingerprint density at radius 2 is 2.10 bits per heavy atom. The zero-order chi connectivity index (χ0) is 14.7. The van der Waals surface area contributed by atoms with Crippen molar-refractivity contribution >= 4 is 11.8 Å². The number of aliphatic hydroxyl groups is 3. The van der Waals surface area contributed by atoms with Crippen molar-refractivity contribution in [3.8, 4) is 0 Å². The number of carbonyl (C=O) groups excluding carboxylic acids is 1. The highest BCUT2D eigenvalue weighted by atomic mass is 16.5. The van der Waals surface area contributed by atoms with Crippen molar-refractivity contribution in [1.82, 2.24) is 9.97 Å². The maximum Gasteiger partial charge on any atom is 0.369 e. The quantitative estimate of drug-likeness (QED) is 0.413. The summed E-state index contributed by atoms with van der Waals surface area (Å²) in [5, 5.41) is 26.5. The molecular formula is C10H13N5O5. The highest BCUT2D eigenvalue weighted by Crippen LogP contribution is 2.12. The third-order valence-electron chi connectivity index (χ3n) is 2.68. The van der Waals surface area contributed by atoms with Gasteiger partial charge in [-0.05, 0) is 0 Å². The van der Waals surface area contributed by atoms with Crippen molar-refractivity contribution < 1.29 is 24.9 Å². The molecule has 1 saturated heterocycles. The molecule has 10 nitrogen and oxygen atoms in total. The first-order chi connectivity index (χ1) is 9.52. The number of anilines is 1. The minimum absolute atomic E-state index is 0.117. The van der Waals surface area contributed by atoms with Crippen molar-refractivity contribution in [1.29, 1.82) is 0 Å². The van der Waals surface area contributed by atoms with Gasteiger partial charge in [-0.1, -0.05) is 0 Å². The highest BCUT2D eigenvalue weighted by Gasteiger charge is 2.33. The van der Waals surface area contributed by atoms with Crippen LogP contribution in [-0.4, -0.2) is 62.8 Å². The van der Waals surface area contributed by atoms with E-state index < -0.39 is 24.3 Å². The van der Waals surface area contributed by atoms with Crippen LogP contribution in [0.4, 0.5) is 10.6 Å². The lowest BCUT2D eigenvalue weighted by molar-refractivity contribution is -0.00588. The summed E-state index contributed by atoms with van der Waals surface area (Å²) in [5.74, 6) is 0.185. The van der Waals surface area contributed by atoms with E-state index in [1.807, 2.05) is 0 Å². The number of hydrogen-bond acceptors (Lipinski definition) is 8. The Kier molecular flexibility index (Phi) is 4.29. The Balaban J connectivity index is 0.000000151. The molecule has 3 rings (SSSR count). The number of rotatable bonds is 1. The summed E-state index contributed by atoms with van der Waals surface area (Å²) in [6.07, 6.45) is -1.11. The van der Waals surface area contributed by atoms with E-state index >= 15 is 0 Å². The van der Waals surface area contributed by atoms with Crippen molar-refractivity contribution in [2.24, 2.45) is 9.98 Å². The molecule has 1 aromatic heterocycles. The van der Waals surface area contributed by atoms with Gasteiger partial charge in [0.1, 0.15) is 24.6 Å². The number of nitrogens with zero attached hydrogens (tertiary/aromatic N) is 4. The van der Waals surface area contributed by atoms with Crippen molar-refractivity contribution in [2.45, 2.75) is 18.3 Å². The standard InChI is InChI=1S/C5H3N5O.C5H10O4/c6-3-2-4(8-1-7-3)10-5(11)9-2;6-1-4-5(8)3(7)2-9-4/h1H,(H2,6,7,8,10,11);3-8H,1-2H2/t;3-,4+,5-/m.0/s1. The van der Waals surface area contributed by atoms with Crippen LogP contribution in [0.3, 0.4) is 0 Å². The fraction of sp³-hybridized carbons (Fsp3) is 0.500. The lowest BCUT2D eigenvalue weighted by Crippen LogP contribution is -2.31. The molecule has 2 aliphatic heterocycles. The van der Waals surface area contributed by atoms with E-state index in [2.05, 4.69) is 20.0 Å². The second kappa shape index (κ2) is 5.96. The summed E-state index contributed by atoms with van der Waals surface area (Å²) in [6.45, 7) is -0.120. The fourth-order valence-corrected chi connectivity index (χ4v) is 1.61. The summed E-state index contributed by atoms with van der Waals surface area (Å²) < 4.78 is 4.78. The minimum Gasteiger partial charge on any atom is -0.394 e. The van der Waals surface area contributed by atoms with Gasteiger partial charge in [-0.25, -0.2) is 14.8 Å². The molecule has 10 heteroatoms. The zero-order valence-corrected chi connectivity index (χ0v) is 10.2. The van der Waals surface area contributed by atoms with Crippen LogP contribution in [0.1, 0.15) is 0 Å². The molecule has 1 aromatic rings. The number of nitrogen functional groups attached to an aromatic ring is 1. The lowest BCUT2D eigenvalue weighted by Gasteiger charge is -2.10. The summed E-state index contributed by atoms with van der Waals surface area (Å²) in [5.41, 5.74) is 5.63. The molecule has 0 bridgehead atoms. The predicted molar refractivity (Wildman–Crippen MR) is 63.0 cm³/mol. The fourth-order valence-electron chi connectivity index (χ4n) is 1.61. The Bertz CT molecular complexity index is 621. The molecule has 3 heterocycles. The van der Waals surface area contributed by atoms with Gasteiger partial charge in [0.05, 0.1) is 13.2 Å². The van der Waals surface area contributed by atoms with E-state index in [1.165, 1.54) is 6.33 Å². The van der Waals surface area contributed by atoms with Gasteiger partial charge in [0.2, 0.25) is 0 Å². The topological polar surface area (TPSA) is 164 Å². The largest absolute Gasteiger partial charge is 0.394 e. The molecule has 0 aromatic carbocycles. The Morgan fingerprint density at radius 3 is 2.60 bits per heavy atom. The van der Waals surface area contributed by atoms with Gasteiger partial charge in [-0.3, -0.25) is 0 Å². The molecule has 20 heavy (non-hydrogen) atoms. The number of hydrogen-bond donors (Lipinski definition) is 4. The van der Waals surface area contributed by atoms with Crippen LogP contribution in [0, 0.1) is 0 Å². The molecule has 3 atom stereocenters. The summed E-state index contributed by atoms with van der Waals surface area (Å²) in [4.78, 5) is 24.9. The number of carbonyl (C=O) groups is 1. The maximum absolute atomic E-state index is 10.6. The lowest BCUT2D eigenvalue weighted by atomic mass is 10.2. The summed E-state index contributed by atoms with van der Waals surface area (Å²) in [6, 6.07) is -0.577. The number of nitrogens with two attached hydrogens (primary N) is 1. The van der Waals surface area contributed by atoms with Crippen LogP contribution in [0.5, 0.6) is 0 Å². The van der Waals surface area contributed by atoms with Crippen molar-refractivity contribution in [3.05, 3.63) is 17.2 Å². The second-order valence-electron chi connectivity index (χ2n) is 4.05. The van der Waals surface area contributed by atoms with E-state index in [4.69, 9.17) is 25.8 Å². The molecule has 0 spiro atoms. The van der Waals surface area contributed by atoms with Crippen molar-refractivity contribution in [2.75, 3.05) is 18.9 Å². The van der Waals surface area contributed by atoms with Gasteiger partial charge < -0.3 is 25.8 Å². The molecule has 0 radical (unpaired) electrons. The SMILES string of the molecule is Nc1ncnc2c1=NC(=O)N=2.OC[C@H]1OC[C@H](O)[C@@H]1O. The van der Waals surface area contributed by atoms with Gasteiger partial charge in [0.15, 0.2) is 16.7 Å². The van der Waals surface area contributed by atoms with Gasteiger partial charge in [-0.15, -0.1) is 0 Å². The average Bonchev–Trinajstić information content (AvgIpc) is 2.95. The molecule has 2 aliphatic rings. The molecule has 108 valence electrons. The first-order valence-corrected chi connectivity index (χ1v) is 5.69. The van der Waals surface area contributed by atoms with E-state index in [0.29, 0.717) is 0 Å². The normalized spacial score (nSPS) is 27.1. The van der Waals surface area contributed by atoms with Gasteiger partial charge >= 0.3 is 6.03 Å². The smallest absolute Gasteiger partial charge is 0.369 e. The van der Waals surface area contributed by atoms with Crippen molar-refractivity contribution in [3.63, 3.8) is 0 Å². The Hall–Kier alpha value is -2.01. The van der Waals surface area contributed by atoms with Gasteiger partial charge in [-0.2, -0.15) is 9.98 Å². The van der Waals surface area contributed by atoms with E-state index in [-0.39, 0.29) is 29.9 Å². The molecule has 0 unspecified atom stereocenters. The second-order valence-corrected chi connectivity index (χ2v) is 4.05. The third kappa shape index (κ3) is 2.93. The number of urea groups is 1. The van der Waals surface area contributed by atoms with Crippen LogP contribution in [0.15, 0.2) is 16.3 Å². The van der Waals surface area contributed by atoms with Crippen LogP contribution >= 0.6 is 0 Å². The highest BCUT2D eigenvalue weighted by molar-refractivity contribution is 5.77. The van der Waals surface area contributed by atoms with E-state index in [1.54, 1.807) is 0 Å². The molecule has 0 aliphatic carbocycles. The van der Waals surface area contributed by atoms with Gasteiger partial charge in [0.25, 0.3) is 0 Å². The summed E-state index contributed by atoms with van der Waals surface area (Å²) >= 11 is 0. The predicted octanol–water partition coefficient (Wildman–Crippen LogP) is -3.47. The third-order valence-corrected chi connectivity index (χ3v) is 2.68. The number of ether oxygens (including phenoxy) is 1. The zero-order valence-electron chi connectivity index (χ0n) is 10.2. The molecule has 5 N–H and O–H groups in total. The minimum atomic E-state index is -0.921. The molecular weight excluding hydrogens is 270 g/mol. The molecule has 2 amide bonds. The Labute approximate surface area is 112 Å². The van der Waals surface area contributed by atoms with Crippen LogP contribution in [0.25, 0.3) is 0 Å². The molecule has 0 saturated carbocycles. The number of fused-ring (bicyclic) bond motifs is 1.